The molecule has 21 heavy (non-hydrogen) atoms. The Balaban J connectivity index is 1.52. The van der Waals surface area contributed by atoms with Crippen LogP contribution in [0.2, 0.25) is 0 Å². The van der Waals surface area contributed by atoms with Crippen LogP contribution in [0.3, 0.4) is 0 Å². The van der Waals surface area contributed by atoms with Gasteiger partial charge in [-0.25, -0.2) is 4.98 Å². The number of hydrogen-bond donors (Lipinski definition) is 1. The number of amides is 1. The van der Waals surface area contributed by atoms with Crippen LogP contribution in [0.15, 0.2) is 54.0 Å². The molecule has 3 rings (SSSR count). The molecule has 1 amide bonds. The Morgan fingerprint density at radius 3 is 2.90 bits per heavy atom. The fourth-order valence-corrected chi connectivity index (χ4v) is 2.66. The highest BCUT2D eigenvalue weighted by Gasteiger charge is 2.06. The molecule has 106 valence electrons. The minimum atomic E-state index is -0.0954. The molecule has 0 fully saturated rings. The molecule has 0 bridgehead atoms. The third kappa shape index (κ3) is 3.38. The maximum absolute atomic E-state index is 12.0. The fraction of sp³-hybridized carbons (Fsp3) is 0.125. The molecule has 4 nitrogen and oxygen atoms in total. The fourth-order valence-electron chi connectivity index (χ4n) is 1.95. The highest BCUT2D eigenvalue weighted by atomic mass is 32.1. The Bertz CT molecular complexity index is 740. The van der Waals surface area contributed by atoms with Crippen LogP contribution in [0.25, 0.3) is 10.2 Å². The van der Waals surface area contributed by atoms with E-state index in [4.69, 9.17) is 4.74 Å². The summed E-state index contributed by atoms with van der Waals surface area (Å²) in [6.07, 6.45) is 0. The summed E-state index contributed by atoms with van der Waals surface area (Å²) in [7, 11) is 0. The highest BCUT2D eigenvalue weighted by molar-refractivity contribution is 7.16. The number of fused-ring (bicyclic) bond motifs is 1. The number of hydrogen-bond acceptors (Lipinski definition) is 4. The van der Waals surface area contributed by atoms with E-state index in [1.54, 1.807) is 11.6 Å². The van der Waals surface area contributed by atoms with Crippen molar-refractivity contribution in [2.24, 2.45) is 0 Å². The molecule has 1 N–H and O–H groups in total. The van der Waals surface area contributed by atoms with Crippen molar-refractivity contribution >= 4 is 27.5 Å². The summed E-state index contributed by atoms with van der Waals surface area (Å²) in [4.78, 5) is 16.2. The van der Waals surface area contributed by atoms with Gasteiger partial charge in [0.25, 0.3) is 5.91 Å². The van der Waals surface area contributed by atoms with Gasteiger partial charge in [0.1, 0.15) is 12.4 Å². The van der Waals surface area contributed by atoms with E-state index in [0.29, 0.717) is 18.7 Å². The Morgan fingerprint density at radius 1 is 1.19 bits per heavy atom. The predicted molar refractivity (Wildman–Crippen MR) is 83.9 cm³/mol. The van der Waals surface area contributed by atoms with E-state index in [2.05, 4.69) is 10.3 Å². The van der Waals surface area contributed by atoms with E-state index in [9.17, 15) is 4.79 Å². The summed E-state index contributed by atoms with van der Waals surface area (Å²) in [5.74, 6) is 0.708. The Hall–Kier alpha value is -2.40. The number of aromatic nitrogens is 1. The van der Waals surface area contributed by atoms with Crippen molar-refractivity contribution in [1.29, 1.82) is 0 Å². The lowest BCUT2D eigenvalue weighted by Crippen LogP contribution is -2.28. The molecular weight excluding hydrogens is 284 g/mol. The van der Waals surface area contributed by atoms with Gasteiger partial charge < -0.3 is 10.1 Å². The average molecular weight is 298 g/mol. The topological polar surface area (TPSA) is 51.2 Å². The quantitative estimate of drug-likeness (QED) is 0.736. The van der Waals surface area contributed by atoms with Gasteiger partial charge in [-0.05, 0) is 30.3 Å². The van der Waals surface area contributed by atoms with E-state index in [-0.39, 0.29) is 5.91 Å². The molecule has 1 aromatic heterocycles. The summed E-state index contributed by atoms with van der Waals surface area (Å²) in [6.45, 7) is 0.910. The molecule has 0 atom stereocenters. The van der Waals surface area contributed by atoms with Gasteiger partial charge in [0.2, 0.25) is 0 Å². The van der Waals surface area contributed by atoms with Crippen LogP contribution in [-0.4, -0.2) is 24.0 Å². The molecule has 1 heterocycles. The lowest BCUT2D eigenvalue weighted by Gasteiger charge is -2.07. The van der Waals surface area contributed by atoms with E-state index in [0.717, 1.165) is 16.0 Å². The van der Waals surface area contributed by atoms with Crippen LogP contribution >= 0.6 is 11.3 Å². The molecule has 3 aromatic rings. The maximum Gasteiger partial charge on any atom is 0.251 e. The number of ether oxygens (including phenoxy) is 1. The lowest BCUT2D eigenvalue weighted by molar-refractivity contribution is 0.0947. The van der Waals surface area contributed by atoms with Gasteiger partial charge in [-0.15, -0.1) is 11.3 Å². The minimum absolute atomic E-state index is 0.0954. The second kappa shape index (κ2) is 6.37. The van der Waals surface area contributed by atoms with E-state index >= 15 is 0 Å². The molecule has 5 heteroatoms. The van der Waals surface area contributed by atoms with Crippen molar-refractivity contribution in [3.8, 4) is 5.75 Å². The summed E-state index contributed by atoms with van der Waals surface area (Å²) in [6, 6.07) is 15.1. The first-order chi connectivity index (χ1) is 10.3. The zero-order chi connectivity index (χ0) is 14.5. The second-order valence-electron chi connectivity index (χ2n) is 4.45. The average Bonchev–Trinajstić information content (AvgIpc) is 3.00. The van der Waals surface area contributed by atoms with E-state index < -0.39 is 0 Å². The molecule has 0 aliphatic heterocycles. The van der Waals surface area contributed by atoms with Gasteiger partial charge >= 0.3 is 0 Å². The molecule has 0 saturated carbocycles. The van der Waals surface area contributed by atoms with Gasteiger partial charge in [0.15, 0.2) is 0 Å². The Labute approximate surface area is 126 Å². The molecule has 0 saturated heterocycles. The molecular formula is C16H14N2O2S. The van der Waals surface area contributed by atoms with Crippen molar-refractivity contribution in [3.63, 3.8) is 0 Å². The summed E-state index contributed by atoms with van der Waals surface area (Å²) in [5, 5.41) is 2.85. The Morgan fingerprint density at radius 2 is 2.05 bits per heavy atom. The van der Waals surface area contributed by atoms with Gasteiger partial charge in [0.05, 0.1) is 22.3 Å². The predicted octanol–water partition coefficient (Wildman–Crippen LogP) is 3.11. The highest BCUT2D eigenvalue weighted by Crippen LogP contribution is 2.18. The number of carbonyl (C=O) groups excluding carboxylic acids is 1. The SMILES string of the molecule is O=C(NCCOc1ccccc1)c1ccc2ncsc2c1. The van der Waals surface area contributed by atoms with Gasteiger partial charge in [-0.1, -0.05) is 18.2 Å². The number of nitrogens with zero attached hydrogens (tertiary/aromatic N) is 1. The van der Waals surface area contributed by atoms with Crippen LogP contribution in [0, 0.1) is 0 Å². The van der Waals surface area contributed by atoms with Gasteiger partial charge in [-0.3, -0.25) is 4.79 Å². The smallest absolute Gasteiger partial charge is 0.251 e. The van der Waals surface area contributed by atoms with Crippen molar-refractivity contribution in [1.82, 2.24) is 10.3 Å². The first kappa shape index (κ1) is 13.6. The zero-order valence-corrected chi connectivity index (χ0v) is 12.1. The summed E-state index contributed by atoms with van der Waals surface area (Å²) >= 11 is 1.53. The monoisotopic (exact) mass is 298 g/mol. The number of carbonyl (C=O) groups is 1. The second-order valence-corrected chi connectivity index (χ2v) is 5.34. The molecule has 0 aliphatic carbocycles. The van der Waals surface area contributed by atoms with E-state index in [1.165, 1.54) is 11.3 Å². The van der Waals surface area contributed by atoms with Gasteiger partial charge in [-0.2, -0.15) is 0 Å². The molecule has 2 aromatic carbocycles. The third-order valence-electron chi connectivity index (χ3n) is 2.99. The first-order valence-electron chi connectivity index (χ1n) is 6.62. The largest absolute Gasteiger partial charge is 0.492 e. The van der Waals surface area contributed by atoms with Crippen molar-refractivity contribution < 1.29 is 9.53 Å². The van der Waals surface area contributed by atoms with Crippen LogP contribution in [-0.2, 0) is 0 Å². The molecule has 0 aliphatic rings. The number of para-hydroxylation sites is 1. The zero-order valence-electron chi connectivity index (χ0n) is 11.3. The van der Waals surface area contributed by atoms with Gasteiger partial charge in [0, 0.05) is 5.56 Å². The van der Waals surface area contributed by atoms with E-state index in [1.807, 2.05) is 42.5 Å². The van der Waals surface area contributed by atoms with Crippen LogP contribution in [0.4, 0.5) is 0 Å². The number of benzene rings is 2. The molecule has 0 spiro atoms. The summed E-state index contributed by atoms with van der Waals surface area (Å²) < 4.78 is 6.54. The lowest BCUT2D eigenvalue weighted by atomic mass is 10.2. The van der Waals surface area contributed by atoms with Crippen LogP contribution < -0.4 is 10.1 Å². The third-order valence-corrected chi connectivity index (χ3v) is 3.78. The standard InChI is InChI=1S/C16H14N2O2S/c19-16(12-6-7-14-15(10-12)21-11-18-14)17-8-9-20-13-4-2-1-3-5-13/h1-7,10-11H,8-9H2,(H,17,19). The van der Waals surface area contributed by atoms with Crippen molar-refractivity contribution in [2.45, 2.75) is 0 Å². The van der Waals surface area contributed by atoms with Crippen LogP contribution in [0.1, 0.15) is 10.4 Å². The maximum atomic E-state index is 12.0. The first-order valence-corrected chi connectivity index (χ1v) is 7.50. The number of rotatable bonds is 5. The van der Waals surface area contributed by atoms with Crippen LogP contribution in [0.5, 0.6) is 5.75 Å². The normalized spacial score (nSPS) is 10.5. The number of thiazole rings is 1. The molecule has 0 radical (unpaired) electrons. The van der Waals surface area contributed by atoms with Crippen molar-refractivity contribution in [3.05, 3.63) is 59.6 Å². The minimum Gasteiger partial charge on any atom is -0.492 e. The molecule has 0 unspecified atom stereocenters. The number of nitrogens with one attached hydrogen (secondary N) is 1. The summed E-state index contributed by atoms with van der Waals surface area (Å²) in [5.41, 5.74) is 3.34. The van der Waals surface area contributed by atoms with Crippen molar-refractivity contribution in [2.75, 3.05) is 13.2 Å². The Kier molecular flexibility index (Phi) is 4.12.